The molecular formula is C14H20N2O2S. The Bertz CT molecular complexity index is 432. The highest BCUT2D eigenvalue weighted by Gasteiger charge is 2.11. The van der Waals surface area contributed by atoms with E-state index in [2.05, 4.69) is 0 Å². The van der Waals surface area contributed by atoms with Crippen LogP contribution in [0, 0.1) is 0 Å². The summed E-state index contributed by atoms with van der Waals surface area (Å²) < 4.78 is 0. The van der Waals surface area contributed by atoms with Crippen molar-refractivity contribution in [3.8, 4) is 0 Å². The molecule has 0 bridgehead atoms. The molecule has 1 aromatic carbocycles. The van der Waals surface area contributed by atoms with Gasteiger partial charge in [0.15, 0.2) is 0 Å². The van der Waals surface area contributed by atoms with Crippen molar-refractivity contribution in [3.63, 3.8) is 0 Å². The van der Waals surface area contributed by atoms with Crippen LogP contribution >= 0.6 is 12.2 Å². The fourth-order valence-corrected chi connectivity index (χ4v) is 1.93. The van der Waals surface area contributed by atoms with Crippen LogP contribution in [0.5, 0.6) is 0 Å². The Morgan fingerprint density at radius 1 is 1.37 bits per heavy atom. The minimum Gasteiger partial charge on any atom is -0.396 e. The topological polar surface area (TPSA) is 66.6 Å². The fourth-order valence-electron chi connectivity index (χ4n) is 1.79. The zero-order valence-electron chi connectivity index (χ0n) is 11.1. The molecule has 1 aromatic rings. The Balaban J connectivity index is 2.62. The van der Waals surface area contributed by atoms with Gasteiger partial charge >= 0.3 is 0 Å². The van der Waals surface area contributed by atoms with Gasteiger partial charge in [0.2, 0.25) is 5.91 Å². The van der Waals surface area contributed by atoms with Crippen molar-refractivity contribution >= 4 is 23.1 Å². The van der Waals surface area contributed by atoms with Gasteiger partial charge in [-0.3, -0.25) is 4.79 Å². The first-order valence-electron chi connectivity index (χ1n) is 6.35. The van der Waals surface area contributed by atoms with E-state index in [0.717, 1.165) is 11.1 Å². The normalized spacial score (nSPS) is 10.2. The molecule has 1 amide bonds. The van der Waals surface area contributed by atoms with Gasteiger partial charge in [0.25, 0.3) is 0 Å². The van der Waals surface area contributed by atoms with E-state index < -0.39 is 0 Å². The Kier molecular flexibility index (Phi) is 6.45. The van der Waals surface area contributed by atoms with E-state index in [-0.39, 0.29) is 12.5 Å². The molecule has 4 nitrogen and oxygen atoms in total. The van der Waals surface area contributed by atoms with Crippen LogP contribution in [0.2, 0.25) is 0 Å². The molecule has 19 heavy (non-hydrogen) atoms. The van der Waals surface area contributed by atoms with Crippen LogP contribution in [0.4, 0.5) is 0 Å². The van der Waals surface area contributed by atoms with Crippen LogP contribution in [0.1, 0.15) is 24.5 Å². The molecule has 0 atom stereocenters. The van der Waals surface area contributed by atoms with E-state index in [1.54, 1.807) is 4.90 Å². The van der Waals surface area contributed by atoms with Crippen LogP contribution in [-0.2, 0) is 11.2 Å². The average molecular weight is 280 g/mol. The standard InChI is InChI=1S/C14H20N2O2S/c1-2-16(8-3-9-17)13(18)10-11-4-6-12(7-5-11)14(15)19/h4-7,17H,2-3,8-10H2,1H3,(H2,15,19). The van der Waals surface area contributed by atoms with Crippen molar-refractivity contribution in [1.29, 1.82) is 0 Å². The van der Waals surface area contributed by atoms with Crippen LogP contribution in [0.25, 0.3) is 0 Å². The van der Waals surface area contributed by atoms with Crippen molar-refractivity contribution in [2.45, 2.75) is 19.8 Å². The van der Waals surface area contributed by atoms with E-state index >= 15 is 0 Å². The lowest BCUT2D eigenvalue weighted by Crippen LogP contribution is -2.33. The maximum atomic E-state index is 12.1. The Morgan fingerprint density at radius 2 is 2.00 bits per heavy atom. The van der Waals surface area contributed by atoms with Crippen LogP contribution in [0.3, 0.4) is 0 Å². The van der Waals surface area contributed by atoms with Crippen molar-refractivity contribution in [2.75, 3.05) is 19.7 Å². The second-order valence-corrected chi connectivity index (χ2v) is 4.73. The number of carbonyl (C=O) groups is 1. The maximum absolute atomic E-state index is 12.1. The first-order valence-corrected chi connectivity index (χ1v) is 6.76. The van der Waals surface area contributed by atoms with E-state index in [1.165, 1.54) is 0 Å². The van der Waals surface area contributed by atoms with Gasteiger partial charge in [0, 0.05) is 25.3 Å². The van der Waals surface area contributed by atoms with Crippen LogP contribution in [0.15, 0.2) is 24.3 Å². The molecule has 1 rings (SSSR count). The van der Waals surface area contributed by atoms with Crippen molar-refractivity contribution in [1.82, 2.24) is 4.90 Å². The number of carbonyl (C=O) groups excluding carboxylic acids is 1. The van der Waals surface area contributed by atoms with Crippen molar-refractivity contribution in [2.24, 2.45) is 5.73 Å². The number of rotatable bonds is 7. The number of nitrogens with two attached hydrogens (primary N) is 1. The number of likely N-dealkylation sites (N-methyl/N-ethyl adjacent to an activating group) is 1. The van der Waals surface area contributed by atoms with Crippen molar-refractivity contribution in [3.05, 3.63) is 35.4 Å². The third-order valence-electron chi connectivity index (χ3n) is 2.91. The highest BCUT2D eigenvalue weighted by molar-refractivity contribution is 7.80. The Hall–Kier alpha value is -1.46. The van der Waals surface area contributed by atoms with Gasteiger partial charge in [0.05, 0.1) is 6.42 Å². The molecule has 104 valence electrons. The number of hydrogen-bond donors (Lipinski definition) is 2. The summed E-state index contributed by atoms with van der Waals surface area (Å²) in [6, 6.07) is 7.39. The molecule has 0 unspecified atom stereocenters. The summed E-state index contributed by atoms with van der Waals surface area (Å²) in [5.74, 6) is 0.0685. The summed E-state index contributed by atoms with van der Waals surface area (Å²) in [5.41, 5.74) is 7.26. The molecule has 0 heterocycles. The summed E-state index contributed by atoms with van der Waals surface area (Å²) in [6.07, 6.45) is 0.969. The zero-order chi connectivity index (χ0) is 14.3. The summed E-state index contributed by atoms with van der Waals surface area (Å²) in [5, 5.41) is 8.80. The Labute approximate surface area is 119 Å². The first-order chi connectivity index (χ1) is 9.08. The quantitative estimate of drug-likeness (QED) is 0.734. The summed E-state index contributed by atoms with van der Waals surface area (Å²) >= 11 is 4.88. The number of aliphatic hydroxyl groups excluding tert-OH is 1. The van der Waals surface area contributed by atoms with Gasteiger partial charge in [-0.1, -0.05) is 36.5 Å². The van der Waals surface area contributed by atoms with Crippen molar-refractivity contribution < 1.29 is 9.90 Å². The van der Waals surface area contributed by atoms with Crippen LogP contribution < -0.4 is 5.73 Å². The fraction of sp³-hybridized carbons (Fsp3) is 0.429. The van der Waals surface area contributed by atoms with Gasteiger partial charge in [0.1, 0.15) is 4.99 Å². The highest BCUT2D eigenvalue weighted by atomic mass is 32.1. The number of amides is 1. The lowest BCUT2D eigenvalue weighted by molar-refractivity contribution is -0.130. The minimum absolute atomic E-state index is 0.0685. The number of benzene rings is 1. The molecule has 0 saturated carbocycles. The van der Waals surface area contributed by atoms with E-state index in [9.17, 15) is 4.79 Å². The van der Waals surface area contributed by atoms with E-state index in [4.69, 9.17) is 23.1 Å². The smallest absolute Gasteiger partial charge is 0.226 e. The molecule has 0 radical (unpaired) electrons. The summed E-state index contributed by atoms with van der Waals surface area (Å²) in [6.45, 7) is 3.29. The molecule has 0 aliphatic rings. The third-order valence-corrected chi connectivity index (χ3v) is 3.15. The Morgan fingerprint density at radius 3 is 2.47 bits per heavy atom. The van der Waals surface area contributed by atoms with Gasteiger partial charge in [-0.05, 0) is 18.9 Å². The molecule has 5 heteroatoms. The maximum Gasteiger partial charge on any atom is 0.226 e. The predicted molar refractivity (Wildman–Crippen MR) is 80.0 cm³/mol. The van der Waals surface area contributed by atoms with E-state index in [0.29, 0.717) is 30.9 Å². The highest BCUT2D eigenvalue weighted by Crippen LogP contribution is 2.07. The lowest BCUT2D eigenvalue weighted by atomic mass is 10.1. The third kappa shape index (κ3) is 4.96. The molecule has 0 aliphatic carbocycles. The zero-order valence-corrected chi connectivity index (χ0v) is 11.9. The number of thiocarbonyl (C=S) groups is 1. The molecular weight excluding hydrogens is 260 g/mol. The first kappa shape index (κ1) is 15.6. The van der Waals surface area contributed by atoms with Gasteiger partial charge < -0.3 is 15.7 Å². The lowest BCUT2D eigenvalue weighted by Gasteiger charge is -2.20. The van der Waals surface area contributed by atoms with Gasteiger partial charge in [-0.15, -0.1) is 0 Å². The number of nitrogens with zero attached hydrogens (tertiary/aromatic N) is 1. The number of aliphatic hydroxyl groups is 1. The molecule has 0 aliphatic heterocycles. The minimum atomic E-state index is 0.0685. The number of hydrogen-bond acceptors (Lipinski definition) is 3. The molecule has 0 aromatic heterocycles. The molecule has 3 N–H and O–H groups in total. The molecule has 0 saturated heterocycles. The monoisotopic (exact) mass is 280 g/mol. The molecule has 0 spiro atoms. The van der Waals surface area contributed by atoms with Gasteiger partial charge in [-0.2, -0.15) is 0 Å². The summed E-state index contributed by atoms with van der Waals surface area (Å²) in [7, 11) is 0. The largest absolute Gasteiger partial charge is 0.396 e. The SMILES string of the molecule is CCN(CCCO)C(=O)Cc1ccc(C(N)=S)cc1. The predicted octanol–water partition coefficient (Wildman–Crippen LogP) is 1.09. The second kappa shape index (κ2) is 7.86. The summed E-state index contributed by atoms with van der Waals surface area (Å²) in [4.78, 5) is 14.2. The van der Waals surface area contributed by atoms with Gasteiger partial charge in [-0.25, -0.2) is 0 Å². The average Bonchev–Trinajstić information content (AvgIpc) is 2.40. The second-order valence-electron chi connectivity index (χ2n) is 4.29. The van der Waals surface area contributed by atoms with Crippen LogP contribution in [-0.4, -0.2) is 40.6 Å². The molecule has 0 fully saturated rings. The van der Waals surface area contributed by atoms with E-state index in [1.807, 2.05) is 31.2 Å².